The number of benzene rings is 1. The number of ether oxygens (including phenoxy) is 4. The molecule has 3 heterocycles. The molecule has 0 saturated carbocycles. The number of methoxy groups -OCH3 is 1. The van der Waals surface area contributed by atoms with Crippen molar-refractivity contribution in [2.24, 2.45) is 11.8 Å². The Kier molecular flexibility index (Phi) is 10.9. The zero-order valence-electron chi connectivity index (χ0n) is 26.7. The van der Waals surface area contributed by atoms with Crippen LogP contribution in [0.1, 0.15) is 46.4 Å². The first-order valence-electron chi connectivity index (χ1n) is 14.7. The third-order valence-corrected chi connectivity index (χ3v) is 8.77. The Bertz CT molecular complexity index is 1690. The van der Waals surface area contributed by atoms with Crippen molar-refractivity contribution in [2.75, 3.05) is 19.5 Å². The van der Waals surface area contributed by atoms with E-state index >= 15 is 0 Å². The second-order valence-corrected chi connectivity index (χ2v) is 13.1. The first-order chi connectivity index (χ1) is 22.2. The van der Waals surface area contributed by atoms with Gasteiger partial charge in [-0.15, -0.1) is 0 Å². The van der Waals surface area contributed by atoms with E-state index in [4.69, 9.17) is 33.7 Å². The highest BCUT2D eigenvalue weighted by atomic mass is 31.2. The van der Waals surface area contributed by atoms with Crippen LogP contribution >= 0.6 is 7.75 Å². The standard InChI is InChI=1S/C30H37N6O10P/c1-17(2)27(37)43-24-23(21-12-13-22-26(32)33-16-34-36(21)22)45-30(14-31,25(24)44-28(38)18(3)4)15-42-47(40,35-19(5)29(39)41-6)46-20-10-8-7-9-11-20/h7-13,16-19,23-25H,15H2,1-6H3,(H,35,40)(H2,32,33,34)/t19?,23-,24-,25-,30+,47?/m0/s1. The van der Waals surface area contributed by atoms with Crippen LogP contribution in [0.2, 0.25) is 0 Å². The Hall–Kier alpha value is -4.55. The zero-order chi connectivity index (χ0) is 34.5. The quantitative estimate of drug-likeness (QED) is 0.151. The normalized spacial score (nSPS) is 22.7. The van der Waals surface area contributed by atoms with Crippen LogP contribution in [0, 0.1) is 23.2 Å². The monoisotopic (exact) mass is 672 g/mol. The van der Waals surface area contributed by atoms with Gasteiger partial charge in [0.25, 0.3) is 0 Å². The number of nitrogen functional groups attached to an aromatic ring is 1. The fourth-order valence-corrected chi connectivity index (χ4v) is 6.14. The van der Waals surface area contributed by atoms with E-state index in [0.717, 1.165) is 7.11 Å². The minimum atomic E-state index is -4.51. The lowest BCUT2D eigenvalue weighted by molar-refractivity contribution is -0.173. The van der Waals surface area contributed by atoms with Gasteiger partial charge in [0, 0.05) is 0 Å². The number of hydrogen-bond donors (Lipinski definition) is 2. The Morgan fingerprint density at radius 1 is 1.06 bits per heavy atom. The lowest BCUT2D eigenvalue weighted by Crippen LogP contribution is -2.50. The number of para-hydroxylation sites is 1. The molecule has 2 aromatic heterocycles. The highest BCUT2D eigenvalue weighted by molar-refractivity contribution is 7.52. The van der Waals surface area contributed by atoms with Gasteiger partial charge < -0.3 is 29.2 Å². The summed E-state index contributed by atoms with van der Waals surface area (Å²) in [7, 11) is -3.36. The molecule has 4 rings (SSSR count). The molecule has 1 aliphatic heterocycles. The molecular formula is C30H37N6O10P. The summed E-state index contributed by atoms with van der Waals surface area (Å²) >= 11 is 0. The van der Waals surface area contributed by atoms with Crippen molar-refractivity contribution < 1.29 is 46.9 Å². The van der Waals surface area contributed by atoms with Crippen LogP contribution in [0.15, 0.2) is 48.8 Å². The molecule has 0 aliphatic carbocycles. The van der Waals surface area contributed by atoms with E-state index in [2.05, 4.69) is 15.2 Å². The Labute approximate surface area is 271 Å². The summed E-state index contributed by atoms with van der Waals surface area (Å²) in [5.41, 5.74) is 4.46. The minimum Gasteiger partial charge on any atom is -0.468 e. The number of aromatic nitrogens is 3. The van der Waals surface area contributed by atoms with Gasteiger partial charge in [0.2, 0.25) is 5.60 Å². The predicted octanol–water partition coefficient (Wildman–Crippen LogP) is 3.14. The van der Waals surface area contributed by atoms with Gasteiger partial charge in [-0.05, 0) is 31.2 Å². The van der Waals surface area contributed by atoms with Gasteiger partial charge in [-0.1, -0.05) is 45.9 Å². The molecule has 1 aliphatic rings. The molecule has 47 heavy (non-hydrogen) atoms. The molecule has 17 heteroatoms. The molecule has 16 nitrogen and oxygen atoms in total. The summed E-state index contributed by atoms with van der Waals surface area (Å²) in [4.78, 5) is 42.3. The molecule has 6 atom stereocenters. The van der Waals surface area contributed by atoms with Crippen molar-refractivity contribution in [3.63, 3.8) is 0 Å². The largest absolute Gasteiger partial charge is 0.468 e. The molecule has 3 aromatic rings. The summed E-state index contributed by atoms with van der Waals surface area (Å²) < 4.78 is 49.8. The molecule has 0 amide bonds. The summed E-state index contributed by atoms with van der Waals surface area (Å²) in [6.45, 7) is 6.89. The van der Waals surface area contributed by atoms with E-state index in [1.165, 1.54) is 29.9 Å². The van der Waals surface area contributed by atoms with Crippen LogP contribution in [0.25, 0.3) is 5.52 Å². The first-order valence-corrected chi connectivity index (χ1v) is 16.2. The van der Waals surface area contributed by atoms with Crippen LogP contribution < -0.4 is 15.3 Å². The number of esters is 3. The van der Waals surface area contributed by atoms with E-state index < -0.39 is 74.1 Å². The molecule has 1 aromatic carbocycles. The van der Waals surface area contributed by atoms with Gasteiger partial charge in [0.1, 0.15) is 42.4 Å². The van der Waals surface area contributed by atoms with Gasteiger partial charge >= 0.3 is 25.7 Å². The van der Waals surface area contributed by atoms with Crippen molar-refractivity contribution in [1.29, 1.82) is 5.26 Å². The number of anilines is 1. The number of carbonyl (C=O) groups excluding carboxylic acids is 3. The van der Waals surface area contributed by atoms with Gasteiger partial charge in [0.05, 0.1) is 24.6 Å². The molecule has 3 N–H and O–H groups in total. The van der Waals surface area contributed by atoms with Crippen molar-refractivity contribution >= 4 is 37.0 Å². The third kappa shape index (κ3) is 7.71. The smallest absolute Gasteiger partial charge is 0.459 e. The van der Waals surface area contributed by atoms with Gasteiger partial charge in [-0.25, -0.2) is 14.1 Å². The maximum Gasteiger partial charge on any atom is 0.459 e. The van der Waals surface area contributed by atoms with Crippen molar-refractivity contribution in [3.8, 4) is 11.8 Å². The van der Waals surface area contributed by atoms with E-state index in [0.29, 0.717) is 5.52 Å². The number of nitriles is 1. The van der Waals surface area contributed by atoms with Crippen molar-refractivity contribution in [1.82, 2.24) is 19.7 Å². The fourth-order valence-electron chi connectivity index (χ4n) is 4.62. The predicted molar refractivity (Wildman–Crippen MR) is 164 cm³/mol. The number of hydrogen-bond acceptors (Lipinski definition) is 14. The number of fused-ring (bicyclic) bond motifs is 1. The summed E-state index contributed by atoms with van der Waals surface area (Å²) in [5, 5.41) is 17.4. The Morgan fingerprint density at radius 2 is 1.72 bits per heavy atom. The number of carbonyl (C=O) groups is 3. The number of nitrogens with one attached hydrogen (secondary N) is 1. The van der Waals surface area contributed by atoms with Crippen LogP contribution in [-0.2, 0) is 42.4 Å². The SMILES string of the molecule is COC(=O)C(C)NP(=O)(OC[C@@]1(C#N)O[C@@H](c2ccc3c(N)ncnn23)[C@H](OC(=O)C(C)C)[C@@H]1OC(=O)C(C)C)Oc1ccccc1. The van der Waals surface area contributed by atoms with E-state index in [9.17, 15) is 24.2 Å². The second-order valence-electron chi connectivity index (χ2n) is 11.4. The molecule has 0 radical (unpaired) electrons. The highest BCUT2D eigenvalue weighted by Crippen LogP contribution is 2.50. The third-order valence-electron chi connectivity index (χ3n) is 7.15. The number of nitrogens with two attached hydrogens (primary N) is 1. The summed E-state index contributed by atoms with van der Waals surface area (Å²) in [6.07, 6.45) is -3.10. The maximum absolute atomic E-state index is 14.2. The van der Waals surface area contributed by atoms with Crippen molar-refractivity contribution in [2.45, 2.75) is 64.6 Å². The van der Waals surface area contributed by atoms with E-state index in [1.807, 2.05) is 6.07 Å². The van der Waals surface area contributed by atoms with Crippen LogP contribution in [0.3, 0.4) is 0 Å². The lowest BCUT2D eigenvalue weighted by Gasteiger charge is -2.31. The fraction of sp³-hybridized carbons (Fsp3) is 0.467. The van der Waals surface area contributed by atoms with Crippen LogP contribution in [0.5, 0.6) is 5.75 Å². The molecule has 1 saturated heterocycles. The second kappa shape index (κ2) is 14.5. The molecule has 2 unspecified atom stereocenters. The molecule has 1 fully saturated rings. The zero-order valence-corrected chi connectivity index (χ0v) is 27.6. The van der Waals surface area contributed by atoms with Gasteiger partial charge in [-0.2, -0.15) is 15.4 Å². The highest BCUT2D eigenvalue weighted by Gasteiger charge is 2.62. The maximum atomic E-state index is 14.2. The topological polar surface area (TPSA) is 216 Å². The lowest BCUT2D eigenvalue weighted by atomic mass is 9.95. The van der Waals surface area contributed by atoms with Gasteiger partial charge in [-0.3, -0.25) is 18.9 Å². The molecule has 252 valence electrons. The number of nitrogens with zero attached hydrogens (tertiary/aromatic N) is 4. The van der Waals surface area contributed by atoms with E-state index in [1.54, 1.807) is 58.0 Å². The summed E-state index contributed by atoms with van der Waals surface area (Å²) in [6, 6.07) is 12.0. The summed E-state index contributed by atoms with van der Waals surface area (Å²) in [5.74, 6) is -3.21. The molecule has 0 bridgehead atoms. The Balaban J connectivity index is 1.81. The average Bonchev–Trinajstić information content (AvgIpc) is 3.60. The minimum absolute atomic E-state index is 0.111. The van der Waals surface area contributed by atoms with Crippen LogP contribution in [0.4, 0.5) is 5.82 Å². The molecular weight excluding hydrogens is 635 g/mol. The molecule has 0 spiro atoms. The number of rotatable bonds is 13. The average molecular weight is 673 g/mol. The Morgan fingerprint density at radius 3 is 2.34 bits per heavy atom. The van der Waals surface area contributed by atoms with Crippen molar-refractivity contribution in [3.05, 3.63) is 54.5 Å². The van der Waals surface area contributed by atoms with E-state index in [-0.39, 0.29) is 17.3 Å². The first kappa shape index (κ1) is 35.3. The van der Waals surface area contributed by atoms with Crippen LogP contribution in [-0.4, -0.2) is 70.1 Å². The van der Waals surface area contributed by atoms with Gasteiger partial charge in [0.15, 0.2) is 18.0 Å².